The Morgan fingerprint density at radius 2 is 1.36 bits per heavy atom. The van der Waals surface area contributed by atoms with Crippen molar-refractivity contribution in [3.63, 3.8) is 0 Å². The molecule has 4 rings (SSSR count). The first kappa shape index (κ1) is 22.0. The van der Waals surface area contributed by atoms with E-state index in [2.05, 4.69) is 41.5 Å². The molecule has 0 fully saturated rings. The van der Waals surface area contributed by atoms with Gasteiger partial charge in [-0.25, -0.2) is 4.98 Å². The molecule has 166 valence electrons. The summed E-state index contributed by atoms with van der Waals surface area (Å²) in [5.74, 6) is 0.591. The zero-order valence-corrected chi connectivity index (χ0v) is 18.7. The van der Waals surface area contributed by atoms with Crippen molar-refractivity contribution in [3.05, 3.63) is 102 Å². The molecule has 33 heavy (non-hydrogen) atoms. The highest BCUT2D eigenvalue weighted by Gasteiger charge is 2.22. The van der Waals surface area contributed by atoms with Crippen LogP contribution in [0.4, 0.5) is 11.5 Å². The van der Waals surface area contributed by atoms with Gasteiger partial charge in [-0.05, 0) is 36.4 Å². The highest BCUT2D eigenvalue weighted by Crippen LogP contribution is 2.26. The van der Waals surface area contributed by atoms with E-state index < -0.39 is 0 Å². The lowest BCUT2D eigenvalue weighted by Gasteiger charge is -2.14. The summed E-state index contributed by atoms with van der Waals surface area (Å²) >= 11 is 0. The number of benzene rings is 2. The molecule has 0 atom stereocenters. The Labute approximate surface area is 192 Å². The van der Waals surface area contributed by atoms with Gasteiger partial charge in [0.15, 0.2) is 5.82 Å². The lowest BCUT2D eigenvalue weighted by atomic mass is 9.92. The highest BCUT2D eigenvalue weighted by atomic mass is 16.2. The van der Waals surface area contributed by atoms with Crippen molar-refractivity contribution in [2.75, 3.05) is 10.6 Å². The molecule has 0 aliphatic rings. The molecule has 0 saturated heterocycles. The van der Waals surface area contributed by atoms with E-state index in [0.29, 0.717) is 28.5 Å². The van der Waals surface area contributed by atoms with Crippen LogP contribution in [0, 0.1) is 0 Å². The average Bonchev–Trinajstić information content (AvgIpc) is 3.25. The minimum atomic E-state index is -0.232. The molecule has 4 aromatic rings. The molecule has 0 aliphatic carbocycles. The van der Waals surface area contributed by atoms with Crippen LogP contribution >= 0.6 is 0 Å². The smallest absolute Gasteiger partial charge is 0.256 e. The number of hydrogen-bond donors (Lipinski definition) is 2. The van der Waals surface area contributed by atoms with E-state index >= 15 is 0 Å². The first-order valence-electron chi connectivity index (χ1n) is 10.6. The second-order valence-electron chi connectivity index (χ2n) is 8.62. The Balaban J connectivity index is 1.60. The fourth-order valence-corrected chi connectivity index (χ4v) is 3.17. The Kier molecular flexibility index (Phi) is 6.04. The molecule has 0 bridgehead atoms. The number of pyridine rings is 1. The van der Waals surface area contributed by atoms with Crippen LogP contribution < -0.4 is 10.6 Å². The Morgan fingerprint density at radius 1 is 0.788 bits per heavy atom. The predicted molar refractivity (Wildman–Crippen MR) is 129 cm³/mol. The maximum Gasteiger partial charge on any atom is 0.256 e. The molecule has 2 aromatic carbocycles. The van der Waals surface area contributed by atoms with Crippen LogP contribution in [-0.2, 0) is 5.41 Å². The third kappa shape index (κ3) is 5.15. The van der Waals surface area contributed by atoms with Crippen LogP contribution in [0.5, 0.6) is 0 Å². The van der Waals surface area contributed by atoms with Gasteiger partial charge in [-0.3, -0.25) is 9.59 Å². The lowest BCUT2D eigenvalue weighted by molar-refractivity contribution is 0.101. The van der Waals surface area contributed by atoms with E-state index in [1.54, 1.807) is 47.3 Å². The zero-order valence-electron chi connectivity index (χ0n) is 18.7. The van der Waals surface area contributed by atoms with Gasteiger partial charge in [-0.15, -0.1) is 0 Å². The fraction of sp³-hybridized carbons (Fsp3) is 0.154. The number of nitrogens with one attached hydrogen (secondary N) is 2. The number of amides is 2. The average molecular weight is 440 g/mol. The quantitative estimate of drug-likeness (QED) is 0.454. The van der Waals surface area contributed by atoms with Gasteiger partial charge in [0.05, 0.1) is 17.6 Å². The third-order valence-corrected chi connectivity index (χ3v) is 5.01. The molecule has 2 heterocycles. The van der Waals surface area contributed by atoms with E-state index in [1.165, 1.54) is 0 Å². The highest BCUT2D eigenvalue weighted by molar-refractivity contribution is 6.04. The Bertz CT molecular complexity index is 1260. The molecule has 0 unspecified atom stereocenters. The summed E-state index contributed by atoms with van der Waals surface area (Å²) in [6.07, 6.45) is 1.57. The van der Waals surface area contributed by atoms with Crippen molar-refractivity contribution in [2.24, 2.45) is 0 Å². The Morgan fingerprint density at radius 3 is 1.88 bits per heavy atom. The first-order chi connectivity index (χ1) is 15.8. The van der Waals surface area contributed by atoms with Gasteiger partial charge < -0.3 is 10.6 Å². The molecule has 7 nitrogen and oxygen atoms in total. The molecule has 2 N–H and O–H groups in total. The summed E-state index contributed by atoms with van der Waals surface area (Å²) in [6, 6.07) is 23.3. The second kappa shape index (κ2) is 9.08. The normalized spacial score (nSPS) is 11.1. The number of aromatic nitrogens is 3. The van der Waals surface area contributed by atoms with Gasteiger partial charge in [0.1, 0.15) is 5.82 Å². The van der Waals surface area contributed by atoms with Crippen molar-refractivity contribution in [1.29, 1.82) is 0 Å². The van der Waals surface area contributed by atoms with Crippen molar-refractivity contribution in [1.82, 2.24) is 14.8 Å². The van der Waals surface area contributed by atoms with Gasteiger partial charge in [0.2, 0.25) is 0 Å². The van der Waals surface area contributed by atoms with E-state index in [-0.39, 0.29) is 17.2 Å². The third-order valence-electron chi connectivity index (χ3n) is 5.01. The topological polar surface area (TPSA) is 88.9 Å². The van der Waals surface area contributed by atoms with Crippen LogP contribution in [0.1, 0.15) is 47.2 Å². The molecule has 2 aromatic heterocycles. The predicted octanol–water partition coefficient (Wildman–Crippen LogP) is 5.07. The second-order valence-corrected chi connectivity index (χ2v) is 8.62. The number of carbonyl (C=O) groups excluding carboxylic acids is 2. The van der Waals surface area contributed by atoms with Gasteiger partial charge >= 0.3 is 0 Å². The lowest BCUT2D eigenvalue weighted by Crippen LogP contribution is -2.16. The van der Waals surface area contributed by atoms with Gasteiger partial charge in [-0.2, -0.15) is 9.78 Å². The summed E-state index contributed by atoms with van der Waals surface area (Å²) in [5.41, 5.74) is 2.27. The molecular weight excluding hydrogens is 414 g/mol. The van der Waals surface area contributed by atoms with Crippen molar-refractivity contribution in [2.45, 2.75) is 26.2 Å². The minimum Gasteiger partial charge on any atom is -0.321 e. The molecule has 7 heteroatoms. The maximum absolute atomic E-state index is 12.7. The zero-order chi connectivity index (χ0) is 23.4. The van der Waals surface area contributed by atoms with Crippen LogP contribution in [0.2, 0.25) is 0 Å². The van der Waals surface area contributed by atoms with Crippen molar-refractivity contribution < 1.29 is 9.59 Å². The number of carbonyl (C=O) groups is 2. The minimum absolute atomic E-state index is 0.213. The largest absolute Gasteiger partial charge is 0.321 e. The molecular formula is C26H25N5O2. The standard InChI is InChI=1S/C26H25N5O2/c1-26(2,3)21-16-23(29-25(33)19-12-8-5-9-13-19)31(30-21)22-15-14-20(17-27-22)28-24(32)18-10-6-4-7-11-18/h4-17H,1-3H3,(H,28,32)(H,29,33). The number of hydrogen-bond acceptors (Lipinski definition) is 4. The monoisotopic (exact) mass is 439 g/mol. The number of nitrogens with zero attached hydrogens (tertiary/aromatic N) is 3. The summed E-state index contributed by atoms with van der Waals surface area (Å²) in [6.45, 7) is 6.16. The maximum atomic E-state index is 12.7. The van der Waals surface area contributed by atoms with E-state index in [1.807, 2.05) is 42.5 Å². The van der Waals surface area contributed by atoms with E-state index in [0.717, 1.165) is 5.69 Å². The molecule has 2 amide bonds. The number of rotatable bonds is 5. The van der Waals surface area contributed by atoms with Crippen LogP contribution in [-0.4, -0.2) is 26.6 Å². The summed E-state index contributed by atoms with van der Waals surface area (Å²) < 4.78 is 1.60. The first-order valence-corrected chi connectivity index (χ1v) is 10.6. The van der Waals surface area contributed by atoms with E-state index in [9.17, 15) is 9.59 Å². The van der Waals surface area contributed by atoms with Gasteiger partial charge in [0.25, 0.3) is 11.8 Å². The van der Waals surface area contributed by atoms with E-state index in [4.69, 9.17) is 0 Å². The fourth-order valence-electron chi connectivity index (χ4n) is 3.17. The Hall–Kier alpha value is -4.26. The summed E-state index contributed by atoms with van der Waals surface area (Å²) in [5, 5.41) is 10.5. The van der Waals surface area contributed by atoms with Crippen LogP contribution in [0.3, 0.4) is 0 Å². The summed E-state index contributed by atoms with van der Waals surface area (Å²) in [7, 11) is 0. The van der Waals surface area contributed by atoms with Gasteiger partial charge in [-0.1, -0.05) is 57.2 Å². The van der Waals surface area contributed by atoms with Crippen LogP contribution in [0.25, 0.3) is 5.82 Å². The summed E-state index contributed by atoms with van der Waals surface area (Å²) in [4.78, 5) is 29.6. The molecule has 0 spiro atoms. The van der Waals surface area contributed by atoms with Crippen molar-refractivity contribution >= 4 is 23.3 Å². The van der Waals surface area contributed by atoms with Crippen molar-refractivity contribution in [3.8, 4) is 5.82 Å². The van der Waals surface area contributed by atoms with Gasteiger partial charge in [0, 0.05) is 22.6 Å². The number of anilines is 2. The SMILES string of the molecule is CC(C)(C)c1cc(NC(=O)c2ccccc2)n(-c2ccc(NC(=O)c3ccccc3)cn2)n1. The van der Waals surface area contributed by atoms with Crippen LogP contribution in [0.15, 0.2) is 85.1 Å². The molecule has 0 aliphatic heterocycles. The molecule has 0 radical (unpaired) electrons. The molecule has 0 saturated carbocycles.